The van der Waals surface area contributed by atoms with Crippen LogP contribution in [0, 0.1) is 0 Å². The quantitative estimate of drug-likeness (QED) is 0.649. The summed E-state index contributed by atoms with van der Waals surface area (Å²) in [5.74, 6) is 0. The van der Waals surface area contributed by atoms with E-state index in [0.29, 0.717) is 6.04 Å². The normalized spacial score (nSPS) is 22.0. The molecule has 12 heavy (non-hydrogen) atoms. The van der Waals surface area contributed by atoms with E-state index in [4.69, 9.17) is 11.6 Å². The average Bonchev–Trinajstić information content (AvgIpc) is 2.04. The average molecular weight is 182 g/mol. The molecule has 2 rings (SSSR count). The Kier molecular flexibility index (Phi) is 2.07. The van der Waals surface area contributed by atoms with Gasteiger partial charge in [-0.05, 0) is 43.1 Å². The fourth-order valence-corrected chi connectivity index (χ4v) is 1.94. The number of rotatable bonds is 0. The van der Waals surface area contributed by atoms with Crippen LogP contribution in [0.4, 0.5) is 0 Å². The van der Waals surface area contributed by atoms with Gasteiger partial charge in [-0.1, -0.05) is 17.7 Å². The summed E-state index contributed by atoms with van der Waals surface area (Å²) >= 11 is 5.90. The van der Waals surface area contributed by atoms with Gasteiger partial charge in [-0.3, -0.25) is 0 Å². The summed E-state index contributed by atoms with van der Waals surface area (Å²) < 4.78 is 0. The topological polar surface area (TPSA) is 12.0 Å². The van der Waals surface area contributed by atoms with E-state index in [1.165, 1.54) is 11.1 Å². The van der Waals surface area contributed by atoms with Gasteiger partial charge in [-0.15, -0.1) is 0 Å². The van der Waals surface area contributed by atoms with Crippen molar-refractivity contribution < 1.29 is 0 Å². The molecule has 2 heteroatoms. The lowest BCUT2D eigenvalue weighted by atomic mass is 9.96. The highest BCUT2D eigenvalue weighted by Gasteiger charge is 2.14. The summed E-state index contributed by atoms with van der Waals surface area (Å²) in [6.07, 6.45) is 1.10. The summed E-state index contributed by atoms with van der Waals surface area (Å²) in [6, 6.07) is 6.64. The molecule has 0 bridgehead atoms. The van der Waals surface area contributed by atoms with Gasteiger partial charge in [0.25, 0.3) is 0 Å². The van der Waals surface area contributed by atoms with E-state index in [0.717, 1.165) is 18.0 Å². The van der Waals surface area contributed by atoms with Crippen LogP contribution in [-0.4, -0.2) is 6.54 Å². The van der Waals surface area contributed by atoms with Crippen LogP contribution >= 0.6 is 11.6 Å². The van der Waals surface area contributed by atoms with Gasteiger partial charge in [0.2, 0.25) is 0 Å². The number of fused-ring (bicyclic) bond motifs is 1. The van der Waals surface area contributed by atoms with Crippen molar-refractivity contribution in [1.29, 1.82) is 0 Å². The van der Waals surface area contributed by atoms with Crippen molar-refractivity contribution in [2.24, 2.45) is 0 Å². The Hall–Kier alpha value is -0.530. The molecule has 0 spiro atoms. The molecule has 1 atom stereocenters. The lowest BCUT2D eigenvalue weighted by Crippen LogP contribution is -2.27. The van der Waals surface area contributed by atoms with Crippen LogP contribution in [0.25, 0.3) is 0 Å². The molecule has 1 heterocycles. The minimum Gasteiger partial charge on any atom is -0.310 e. The predicted octanol–water partition coefficient (Wildman–Crippen LogP) is 2.55. The lowest BCUT2D eigenvalue weighted by Gasteiger charge is -2.23. The molecule has 64 valence electrons. The lowest BCUT2D eigenvalue weighted by molar-refractivity contribution is 0.541. The Morgan fingerprint density at radius 1 is 1.50 bits per heavy atom. The monoisotopic (exact) mass is 181 g/mol. The maximum Gasteiger partial charge on any atom is 0.0408 e. The Morgan fingerprint density at radius 3 is 3.17 bits per heavy atom. The summed E-state index contributed by atoms with van der Waals surface area (Å²) in [5.41, 5.74) is 2.79. The Bertz CT molecular complexity index is 296. The molecule has 1 N–H and O–H groups in total. The molecule has 0 fully saturated rings. The van der Waals surface area contributed by atoms with Crippen molar-refractivity contribution >= 4 is 11.6 Å². The van der Waals surface area contributed by atoms with Gasteiger partial charge in [0.05, 0.1) is 0 Å². The van der Waals surface area contributed by atoms with Crippen LogP contribution in [0.2, 0.25) is 5.02 Å². The molecule has 1 nitrogen and oxygen atoms in total. The van der Waals surface area contributed by atoms with Crippen molar-refractivity contribution in [2.75, 3.05) is 6.54 Å². The predicted molar refractivity (Wildman–Crippen MR) is 51.6 cm³/mol. The molecule has 0 radical (unpaired) electrons. The highest BCUT2D eigenvalue weighted by molar-refractivity contribution is 6.30. The van der Waals surface area contributed by atoms with Gasteiger partial charge in [-0.25, -0.2) is 0 Å². The molecule has 1 unspecified atom stereocenters. The van der Waals surface area contributed by atoms with Crippen LogP contribution in [0.15, 0.2) is 18.2 Å². The zero-order chi connectivity index (χ0) is 8.55. The van der Waals surface area contributed by atoms with Crippen molar-refractivity contribution in [3.05, 3.63) is 34.3 Å². The molecule has 1 aliphatic rings. The summed E-state index contributed by atoms with van der Waals surface area (Å²) in [7, 11) is 0. The van der Waals surface area contributed by atoms with E-state index < -0.39 is 0 Å². The molecule has 1 aliphatic heterocycles. The fraction of sp³-hybridized carbons (Fsp3) is 0.400. The molecular weight excluding hydrogens is 170 g/mol. The van der Waals surface area contributed by atoms with Gasteiger partial charge in [0.15, 0.2) is 0 Å². The molecule has 0 amide bonds. The molecule has 0 saturated carbocycles. The van der Waals surface area contributed by atoms with Gasteiger partial charge in [-0.2, -0.15) is 0 Å². The van der Waals surface area contributed by atoms with Crippen LogP contribution in [0.1, 0.15) is 24.1 Å². The van der Waals surface area contributed by atoms with E-state index in [1.54, 1.807) is 0 Å². The molecule has 1 aromatic rings. The number of nitrogens with one attached hydrogen (secondary N) is 1. The highest BCUT2D eigenvalue weighted by Crippen LogP contribution is 2.24. The molecule has 0 aromatic heterocycles. The van der Waals surface area contributed by atoms with Crippen molar-refractivity contribution in [3.63, 3.8) is 0 Å². The minimum atomic E-state index is 0.478. The zero-order valence-electron chi connectivity index (χ0n) is 7.10. The first kappa shape index (κ1) is 8.09. The largest absolute Gasteiger partial charge is 0.310 e. The Labute approximate surface area is 77.7 Å². The van der Waals surface area contributed by atoms with Crippen LogP contribution < -0.4 is 5.32 Å². The third kappa shape index (κ3) is 1.35. The van der Waals surface area contributed by atoms with E-state index in [1.807, 2.05) is 6.07 Å². The maximum atomic E-state index is 5.90. The van der Waals surface area contributed by atoms with Crippen molar-refractivity contribution in [3.8, 4) is 0 Å². The zero-order valence-corrected chi connectivity index (χ0v) is 7.86. The van der Waals surface area contributed by atoms with Crippen molar-refractivity contribution in [1.82, 2.24) is 5.32 Å². The maximum absolute atomic E-state index is 5.90. The number of hydrogen-bond donors (Lipinski definition) is 1. The second-order valence-electron chi connectivity index (χ2n) is 3.27. The summed E-state index contributed by atoms with van der Waals surface area (Å²) in [4.78, 5) is 0. The standard InChI is InChI=1S/C10H12ClN/c1-7-10-3-2-9(11)6-8(10)4-5-12-7/h2-3,6-7,12H,4-5H2,1H3. The fourth-order valence-electron chi connectivity index (χ4n) is 1.75. The second kappa shape index (κ2) is 3.08. The smallest absolute Gasteiger partial charge is 0.0408 e. The first-order chi connectivity index (χ1) is 5.77. The van der Waals surface area contributed by atoms with Crippen molar-refractivity contribution in [2.45, 2.75) is 19.4 Å². The van der Waals surface area contributed by atoms with Crippen LogP contribution in [0.5, 0.6) is 0 Å². The van der Waals surface area contributed by atoms with E-state index in [-0.39, 0.29) is 0 Å². The molecule has 0 saturated heterocycles. The van der Waals surface area contributed by atoms with E-state index >= 15 is 0 Å². The first-order valence-corrected chi connectivity index (χ1v) is 4.67. The molecular formula is C10H12ClN. The minimum absolute atomic E-state index is 0.478. The van der Waals surface area contributed by atoms with Gasteiger partial charge in [0.1, 0.15) is 0 Å². The van der Waals surface area contributed by atoms with Gasteiger partial charge < -0.3 is 5.32 Å². The number of hydrogen-bond acceptors (Lipinski definition) is 1. The molecule has 1 aromatic carbocycles. The summed E-state index contributed by atoms with van der Waals surface area (Å²) in [5, 5.41) is 4.26. The second-order valence-corrected chi connectivity index (χ2v) is 3.71. The molecule has 0 aliphatic carbocycles. The van der Waals surface area contributed by atoms with Crippen LogP contribution in [0.3, 0.4) is 0 Å². The number of benzene rings is 1. The SMILES string of the molecule is CC1NCCc2cc(Cl)ccc21. The highest BCUT2D eigenvalue weighted by atomic mass is 35.5. The third-order valence-electron chi connectivity index (χ3n) is 2.42. The first-order valence-electron chi connectivity index (χ1n) is 4.29. The summed E-state index contributed by atoms with van der Waals surface area (Å²) in [6.45, 7) is 3.25. The van der Waals surface area contributed by atoms with Gasteiger partial charge >= 0.3 is 0 Å². The van der Waals surface area contributed by atoms with E-state index in [2.05, 4.69) is 24.4 Å². The Balaban J connectivity index is 2.46. The van der Waals surface area contributed by atoms with E-state index in [9.17, 15) is 0 Å². The van der Waals surface area contributed by atoms with Crippen LogP contribution in [-0.2, 0) is 6.42 Å². The third-order valence-corrected chi connectivity index (χ3v) is 2.65. The Morgan fingerprint density at radius 2 is 2.33 bits per heavy atom. The number of halogens is 1. The van der Waals surface area contributed by atoms with Gasteiger partial charge in [0, 0.05) is 11.1 Å².